The topological polar surface area (TPSA) is 58.7 Å². The van der Waals surface area contributed by atoms with Gasteiger partial charge in [-0.15, -0.1) is 0 Å². The van der Waals surface area contributed by atoms with Crippen molar-refractivity contribution in [1.82, 2.24) is 9.55 Å². The molecule has 21 heavy (non-hydrogen) atoms. The Balaban J connectivity index is 2.18. The number of halogens is 1. The van der Waals surface area contributed by atoms with Crippen LogP contribution in [0.2, 0.25) is 0 Å². The molecule has 0 saturated heterocycles. The molecule has 1 aromatic heterocycles. The molecule has 1 heterocycles. The Morgan fingerprint density at radius 1 is 1.19 bits per heavy atom. The number of carbonyl (C=O) groups excluding carboxylic acids is 1. The normalized spacial score (nSPS) is 10.5. The minimum absolute atomic E-state index is 0.0294. The lowest BCUT2D eigenvalue weighted by Gasteiger charge is -2.06. The van der Waals surface area contributed by atoms with Gasteiger partial charge in [-0.2, -0.15) is 5.26 Å². The Hall–Kier alpha value is -3.00. The number of carbonyl (C=O) groups is 1. The third-order valence-electron chi connectivity index (χ3n) is 3.16. The fraction of sp³-hybridized carbons (Fsp3) is 0.0625. The van der Waals surface area contributed by atoms with Crippen LogP contribution in [0.25, 0.3) is 11.0 Å². The van der Waals surface area contributed by atoms with Crippen LogP contribution in [0.1, 0.15) is 16.2 Å². The Morgan fingerprint density at radius 2 is 1.90 bits per heavy atom. The molecule has 0 N–H and O–H groups in total. The Bertz CT molecular complexity index is 859. The average Bonchev–Trinajstić information content (AvgIpc) is 2.85. The van der Waals surface area contributed by atoms with Gasteiger partial charge in [0, 0.05) is 5.56 Å². The van der Waals surface area contributed by atoms with Gasteiger partial charge in [0.05, 0.1) is 23.5 Å². The number of nitriles is 1. The molecule has 0 fully saturated rings. The van der Waals surface area contributed by atoms with Gasteiger partial charge in [-0.1, -0.05) is 12.1 Å². The highest BCUT2D eigenvalue weighted by atomic mass is 19.1. The molecular weight excluding hydrogens is 269 g/mol. The lowest BCUT2D eigenvalue weighted by atomic mass is 10.2. The van der Waals surface area contributed by atoms with E-state index in [0.29, 0.717) is 22.4 Å². The first-order valence-corrected chi connectivity index (χ1v) is 6.34. The van der Waals surface area contributed by atoms with Crippen LogP contribution in [0, 0.1) is 17.1 Å². The quantitative estimate of drug-likeness (QED) is 0.724. The van der Waals surface area contributed by atoms with E-state index in [1.807, 2.05) is 12.1 Å². The summed E-state index contributed by atoms with van der Waals surface area (Å²) in [6.07, 6.45) is 0.0294. The number of benzene rings is 2. The van der Waals surface area contributed by atoms with Crippen molar-refractivity contribution < 1.29 is 9.18 Å². The summed E-state index contributed by atoms with van der Waals surface area (Å²) in [5.41, 5.74) is 1.63. The summed E-state index contributed by atoms with van der Waals surface area (Å²) in [5.74, 6) is -0.346. The molecule has 3 rings (SSSR count). The number of hydrogen-bond acceptors (Lipinski definition) is 3. The van der Waals surface area contributed by atoms with Crippen LogP contribution >= 0.6 is 0 Å². The maximum Gasteiger partial charge on any atom is 0.263 e. The van der Waals surface area contributed by atoms with Crippen molar-refractivity contribution in [2.24, 2.45) is 0 Å². The van der Waals surface area contributed by atoms with Crippen molar-refractivity contribution >= 4 is 16.9 Å². The SMILES string of the molecule is N#CCc1nc2ccccc2n1C(=O)c1ccc(F)cc1. The van der Waals surface area contributed by atoms with Gasteiger partial charge in [-0.3, -0.25) is 9.36 Å². The number of hydrogen-bond donors (Lipinski definition) is 0. The van der Waals surface area contributed by atoms with E-state index in [0.717, 1.165) is 0 Å². The first kappa shape index (κ1) is 13.0. The summed E-state index contributed by atoms with van der Waals surface area (Å²) in [6.45, 7) is 0. The molecule has 0 aliphatic rings. The maximum absolute atomic E-state index is 13.0. The second-order valence-electron chi connectivity index (χ2n) is 4.50. The number of aromatic nitrogens is 2. The van der Waals surface area contributed by atoms with Gasteiger partial charge in [-0.25, -0.2) is 9.37 Å². The van der Waals surface area contributed by atoms with Crippen LogP contribution in [-0.2, 0) is 6.42 Å². The number of imidazole rings is 1. The summed E-state index contributed by atoms with van der Waals surface area (Å²) in [6, 6.07) is 14.5. The van der Waals surface area contributed by atoms with Crippen LogP contribution < -0.4 is 0 Å². The van der Waals surface area contributed by atoms with Crippen molar-refractivity contribution in [1.29, 1.82) is 5.26 Å². The maximum atomic E-state index is 13.0. The van der Waals surface area contributed by atoms with E-state index < -0.39 is 5.82 Å². The molecule has 0 spiro atoms. The van der Waals surface area contributed by atoms with E-state index in [9.17, 15) is 9.18 Å². The van der Waals surface area contributed by atoms with E-state index in [1.54, 1.807) is 18.2 Å². The van der Waals surface area contributed by atoms with Crippen LogP contribution in [0.3, 0.4) is 0 Å². The van der Waals surface area contributed by atoms with Gasteiger partial charge in [-0.05, 0) is 36.4 Å². The molecule has 2 aromatic carbocycles. The molecule has 0 atom stereocenters. The molecule has 102 valence electrons. The van der Waals surface area contributed by atoms with Crippen LogP contribution in [0.5, 0.6) is 0 Å². The number of fused-ring (bicyclic) bond motifs is 1. The number of nitrogens with zero attached hydrogens (tertiary/aromatic N) is 3. The van der Waals surface area contributed by atoms with Gasteiger partial charge in [0.2, 0.25) is 0 Å². The molecule has 0 aliphatic heterocycles. The lowest BCUT2D eigenvalue weighted by molar-refractivity contribution is 0.0962. The lowest BCUT2D eigenvalue weighted by Crippen LogP contribution is -2.15. The Labute approximate surface area is 120 Å². The molecule has 0 radical (unpaired) electrons. The van der Waals surface area contributed by atoms with E-state index >= 15 is 0 Å². The first-order valence-electron chi connectivity index (χ1n) is 6.34. The van der Waals surface area contributed by atoms with Crippen molar-refractivity contribution in [3.8, 4) is 6.07 Å². The molecule has 0 aliphatic carbocycles. The first-order chi connectivity index (χ1) is 10.2. The summed E-state index contributed by atoms with van der Waals surface area (Å²) in [5, 5.41) is 8.89. The zero-order valence-electron chi connectivity index (χ0n) is 11.0. The number of para-hydroxylation sites is 2. The van der Waals surface area contributed by atoms with E-state index in [4.69, 9.17) is 5.26 Å². The highest BCUT2D eigenvalue weighted by molar-refractivity contribution is 6.01. The summed E-state index contributed by atoms with van der Waals surface area (Å²) in [4.78, 5) is 16.9. The second kappa shape index (κ2) is 5.17. The molecule has 0 saturated carbocycles. The van der Waals surface area contributed by atoms with E-state index in [2.05, 4.69) is 4.98 Å². The molecule has 0 unspecified atom stereocenters. The molecule has 0 amide bonds. The van der Waals surface area contributed by atoms with Gasteiger partial charge >= 0.3 is 0 Å². The van der Waals surface area contributed by atoms with E-state index in [-0.39, 0.29) is 12.3 Å². The molecule has 5 heteroatoms. The Morgan fingerprint density at radius 3 is 2.62 bits per heavy atom. The predicted octanol–water partition coefficient (Wildman–Crippen LogP) is 2.93. The summed E-state index contributed by atoms with van der Waals surface area (Å²) >= 11 is 0. The van der Waals surface area contributed by atoms with Gasteiger partial charge in [0.1, 0.15) is 11.6 Å². The summed E-state index contributed by atoms with van der Waals surface area (Å²) in [7, 11) is 0. The minimum Gasteiger partial charge on any atom is -0.268 e. The second-order valence-corrected chi connectivity index (χ2v) is 4.50. The van der Waals surface area contributed by atoms with Gasteiger partial charge in [0.25, 0.3) is 5.91 Å². The minimum atomic E-state index is -0.403. The molecule has 0 bridgehead atoms. The third-order valence-corrected chi connectivity index (χ3v) is 3.16. The Kier molecular flexibility index (Phi) is 3.20. The fourth-order valence-corrected chi connectivity index (χ4v) is 2.21. The highest BCUT2D eigenvalue weighted by Crippen LogP contribution is 2.18. The highest BCUT2D eigenvalue weighted by Gasteiger charge is 2.17. The fourth-order valence-electron chi connectivity index (χ4n) is 2.21. The number of rotatable bonds is 2. The van der Waals surface area contributed by atoms with Crippen molar-refractivity contribution in [2.75, 3.05) is 0 Å². The standard InChI is InChI=1S/C16H10FN3O/c17-12-7-5-11(6-8-12)16(21)20-14-4-2-1-3-13(14)19-15(20)9-10-18/h1-8H,9H2. The summed E-state index contributed by atoms with van der Waals surface area (Å²) < 4.78 is 14.4. The predicted molar refractivity (Wildman–Crippen MR) is 75.2 cm³/mol. The van der Waals surface area contributed by atoms with Crippen LogP contribution in [-0.4, -0.2) is 15.5 Å². The van der Waals surface area contributed by atoms with Crippen molar-refractivity contribution in [3.63, 3.8) is 0 Å². The van der Waals surface area contributed by atoms with Crippen LogP contribution in [0.4, 0.5) is 4.39 Å². The zero-order chi connectivity index (χ0) is 14.8. The average molecular weight is 279 g/mol. The monoisotopic (exact) mass is 279 g/mol. The largest absolute Gasteiger partial charge is 0.268 e. The smallest absolute Gasteiger partial charge is 0.263 e. The van der Waals surface area contributed by atoms with Gasteiger partial charge in [0.15, 0.2) is 0 Å². The zero-order valence-corrected chi connectivity index (χ0v) is 11.0. The van der Waals surface area contributed by atoms with Crippen LogP contribution in [0.15, 0.2) is 48.5 Å². The van der Waals surface area contributed by atoms with Gasteiger partial charge < -0.3 is 0 Å². The molecule has 4 nitrogen and oxygen atoms in total. The molecular formula is C16H10FN3O. The van der Waals surface area contributed by atoms with Crippen molar-refractivity contribution in [3.05, 3.63) is 65.7 Å². The third kappa shape index (κ3) is 2.28. The molecule has 3 aromatic rings. The van der Waals surface area contributed by atoms with Crippen molar-refractivity contribution in [2.45, 2.75) is 6.42 Å². The van der Waals surface area contributed by atoms with E-state index in [1.165, 1.54) is 28.8 Å².